The molecule has 1 heterocycles. The van der Waals surface area contributed by atoms with Gasteiger partial charge in [-0.05, 0) is 36.2 Å². The van der Waals surface area contributed by atoms with Gasteiger partial charge in [0.05, 0.1) is 12.5 Å². The Morgan fingerprint density at radius 2 is 1.84 bits per heavy atom. The lowest BCUT2D eigenvalue weighted by molar-refractivity contribution is 0.269. The van der Waals surface area contributed by atoms with Crippen molar-refractivity contribution in [3.8, 4) is 29.1 Å². The largest absolute Gasteiger partial charge is 0.508 e. The molecule has 0 spiro atoms. The summed E-state index contributed by atoms with van der Waals surface area (Å²) in [5, 5.41) is 19.6. The highest BCUT2D eigenvalue weighted by Crippen LogP contribution is 2.45. The molecule has 3 aromatic carbocycles. The lowest BCUT2D eigenvalue weighted by Gasteiger charge is -2.27. The van der Waals surface area contributed by atoms with Crippen LogP contribution in [0.15, 0.2) is 78.2 Å². The Kier molecular flexibility index (Phi) is 5.67. The van der Waals surface area contributed by atoms with Crippen molar-refractivity contribution in [1.82, 2.24) is 0 Å². The Morgan fingerprint density at radius 1 is 1.03 bits per heavy atom. The van der Waals surface area contributed by atoms with Crippen LogP contribution >= 0.6 is 0 Å². The minimum Gasteiger partial charge on any atom is -0.508 e. The first-order valence-electron chi connectivity index (χ1n) is 9.94. The lowest BCUT2D eigenvalue weighted by atomic mass is 9.83. The van der Waals surface area contributed by atoms with Crippen molar-refractivity contribution in [2.45, 2.75) is 19.4 Å². The van der Waals surface area contributed by atoms with E-state index < -0.39 is 5.92 Å². The number of hydrogen-bond donors (Lipinski definition) is 2. The molecule has 0 fully saturated rings. The standard InChI is InChI=1S/C25H22N2O4/c1-2-29-23-12-17(8-11-21(23)30-15-16-6-4-3-5-7-16)24-19-10-9-18(28)13-22(19)31-25(27)20(24)14-26/h3-13,24,28H,2,15,27H2,1H3/t24-/m0/s1. The molecular weight excluding hydrogens is 392 g/mol. The molecule has 0 amide bonds. The number of allylic oxidation sites excluding steroid dienone is 1. The fourth-order valence-corrected chi connectivity index (χ4v) is 3.61. The molecule has 1 atom stereocenters. The van der Waals surface area contributed by atoms with Crippen LogP contribution in [0.25, 0.3) is 0 Å². The van der Waals surface area contributed by atoms with E-state index in [9.17, 15) is 10.4 Å². The maximum absolute atomic E-state index is 9.82. The Labute approximate surface area is 180 Å². The summed E-state index contributed by atoms with van der Waals surface area (Å²) in [4.78, 5) is 0. The van der Waals surface area contributed by atoms with E-state index in [1.165, 1.54) is 6.07 Å². The molecule has 0 radical (unpaired) electrons. The highest BCUT2D eigenvalue weighted by atomic mass is 16.5. The number of hydrogen-bond acceptors (Lipinski definition) is 6. The Balaban J connectivity index is 1.72. The quantitative estimate of drug-likeness (QED) is 0.612. The van der Waals surface area contributed by atoms with Gasteiger partial charge in [-0.2, -0.15) is 5.26 Å². The summed E-state index contributed by atoms with van der Waals surface area (Å²) in [6.45, 7) is 2.78. The highest BCUT2D eigenvalue weighted by Gasteiger charge is 2.31. The number of ether oxygens (including phenoxy) is 3. The van der Waals surface area contributed by atoms with Crippen LogP contribution in [0.1, 0.15) is 29.5 Å². The molecule has 4 rings (SSSR count). The molecule has 1 aliphatic heterocycles. The molecular formula is C25H22N2O4. The van der Waals surface area contributed by atoms with E-state index in [2.05, 4.69) is 6.07 Å². The molecule has 0 unspecified atom stereocenters. The monoisotopic (exact) mass is 414 g/mol. The van der Waals surface area contributed by atoms with Gasteiger partial charge < -0.3 is 25.1 Å². The van der Waals surface area contributed by atoms with Gasteiger partial charge in [0.1, 0.15) is 29.7 Å². The van der Waals surface area contributed by atoms with Crippen molar-refractivity contribution >= 4 is 0 Å². The van der Waals surface area contributed by atoms with E-state index in [0.29, 0.717) is 36.0 Å². The molecule has 3 N–H and O–H groups in total. The van der Waals surface area contributed by atoms with E-state index >= 15 is 0 Å². The molecule has 6 heteroatoms. The predicted molar refractivity (Wildman–Crippen MR) is 116 cm³/mol. The van der Waals surface area contributed by atoms with Crippen LogP contribution in [-0.2, 0) is 6.61 Å². The average Bonchev–Trinajstić information content (AvgIpc) is 2.78. The van der Waals surface area contributed by atoms with E-state index in [4.69, 9.17) is 19.9 Å². The van der Waals surface area contributed by atoms with Crippen LogP contribution in [0, 0.1) is 11.3 Å². The third-order valence-corrected chi connectivity index (χ3v) is 5.04. The van der Waals surface area contributed by atoms with Crippen LogP contribution in [0.5, 0.6) is 23.0 Å². The van der Waals surface area contributed by atoms with Crippen LogP contribution < -0.4 is 19.9 Å². The van der Waals surface area contributed by atoms with Crippen LogP contribution in [0.4, 0.5) is 0 Å². The average molecular weight is 414 g/mol. The second-order valence-electron chi connectivity index (χ2n) is 7.06. The maximum Gasteiger partial charge on any atom is 0.205 e. The number of fused-ring (bicyclic) bond motifs is 1. The summed E-state index contributed by atoms with van der Waals surface area (Å²) in [7, 11) is 0. The van der Waals surface area contributed by atoms with E-state index in [1.807, 2.05) is 55.5 Å². The van der Waals surface area contributed by atoms with Crippen LogP contribution in [-0.4, -0.2) is 11.7 Å². The van der Waals surface area contributed by atoms with Gasteiger partial charge in [-0.3, -0.25) is 0 Å². The smallest absolute Gasteiger partial charge is 0.205 e. The third kappa shape index (κ3) is 4.12. The summed E-state index contributed by atoms with van der Waals surface area (Å²) >= 11 is 0. The number of nitriles is 1. The van der Waals surface area contributed by atoms with Crippen LogP contribution in [0.2, 0.25) is 0 Å². The first-order chi connectivity index (χ1) is 15.1. The molecule has 0 bridgehead atoms. The Hall–Kier alpha value is -4.11. The van der Waals surface area contributed by atoms with Gasteiger partial charge in [0.2, 0.25) is 5.88 Å². The number of phenolic OH excluding ortho intramolecular Hbond substituents is 1. The summed E-state index contributed by atoms with van der Waals surface area (Å²) in [5.41, 5.74) is 8.92. The number of nitrogens with two attached hydrogens (primary N) is 1. The van der Waals surface area contributed by atoms with Crippen molar-refractivity contribution in [2.24, 2.45) is 5.73 Å². The molecule has 0 saturated carbocycles. The van der Waals surface area contributed by atoms with Crippen molar-refractivity contribution < 1.29 is 19.3 Å². The van der Waals surface area contributed by atoms with Crippen molar-refractivity contribution in [3.63, 3.8) is 0 Å². The number of rotatable bonds is 6. The minimum absolute atomic E-state index is 0.0213. The van der Waals surface area contributed by atoms with Gasteiger partial charge in [0.15, 0.2) is 11.5 Å². The van der Waals surface area contributed by atoms with Gasteiger partial charge in [0, 0.05) is 11.6 Å². The van der Waals surface area contributed by atoms with Gasteiger partial charge in [-0.15, -0.1) is 0 Å². The van der Waals surface area contributed by atoms with Crippen molar-refractivity contribution in [3.05, 3.63) is 94.9 Å². The fraction of sp³-hybridized carbons (Fsp3) is 0.160. The summed E-state index contributed by atoms with van der Waals surface area (Å²) in [6, 6.07) is 22.4. The summed E-state index contributed by atoms with van der Waals surface area (Å²) in [5.74, 6) is 1.25. The van der Waals surface area contributed by atoms with Gasteiger partial charge >= 0.3 is 0 Å². The summed E-state index contributed by atoms with van der Waals surface area (Å²) < 4.78 is 17.4. The third-order valence-electron chi connectivity index (χ3n) is 5.04. The number of phenols is 1. The molecule has 0 aliphatic carbocycles. The minimum atomic E-state index is -0.447. The normalized spacial score (nSPS) is 14.9. The SMILES string of the molecule is CCOc1cc([C@@H]2C(C#N)=C(N)Oc3cc(O)ccc32)ccc1OCc1ccccc1. The number of aromatic hydroxyl groups is 1. The molecule has 1 aliphatic rings. The number of benzene rings is 3. The highest BCUT2D eigenvalue weighted by molar-refractivity contribution is 5.58. The zero-order valence-electron chi connectivity index (χ0n) is 17.0. The van der Waals surface area contributed by atoms with Gasteiger partial charge in [0.25, 0.3) is 0 Å². The molecule has 31 heavy (non-hydrogen) atoms. The maximum atomic E-state index is 9.82. The first-order valence-corrected chi connectivity index (χ1v) is 9.94. The molecule has 0 aromatic heterocycles. The van der Waals surface area contributed by atoms with Crippen molar-refractivity contribution in [2.75, 3.05) is 6.61 Å². The molecule has 156 valence electrons. The second kappa shape index (κ2) is 8.72. The zero-order chi connectivity index (χ0) is 21.8. The van der Waals surface area contributed by atoms with Gasteiger partial charge in [-0.25, -0.2) is 0 Å². The topological polar surface area (TPSA) is 97.7 Å². The van der Waals surface area contributed by atoms with Crippen molar-refractivity contribution in [1.29, 1.82) is 5.26 Å². The Bertz CT molecular complexity index is 1170. The molecule has 3 aromatic rings. The zero-order valence-corrected chi connectivity index (χ0v) is 17.0. The Morgan fingerprint density at radius 3 is 2.58 bits per heavy atom. The van der Waals surface area contributed by atoms with Crippen LogP contribution in [0.3, 0.4) is 0 Å². The number of nitrogens with zero attached hydrogens (tertiary/aromatic N) is 1. The first kappa shape index (κ1) is 20.2. The summed E-state index contributed by atoms with van der Waals surface area (Å²) in [6.07, 6.45) is 0. The van der Waals surface area contributed by atoms with E-state index in [-0.39, 0.29) is 11.6 Å². The van der Waals surface area contributed by atoms with E-state index in [1.54, 1.807) is 12.1 Å². The predicted octanol–water partition coefficient (Wildman–Crippen LogP) is 4.59. The fourth-order valence-electron chi connectivity index (χ4n) is 3.61. The second-order valence-corrected chi connectivity index (χ2v) is 7.06. The lowest BCUT2D eigenvalue weighted by Crippen LogP contribution is -2.21. The van der Waals surface area contributed by atoms with Gasteiger partial charge in [-0.1, -0.05) is 42.5 Å². The van der Waals surface area contributed by atoms with E-state index in [0.717, 1.165) is 16.7 Å². The molecule has 0 saturated heterocycles. The molecule has 6 nitrogen and oxygen atoms in total.